The molecule has 0 aliphatic rings. The second-order valence-electron chi connectivity index (χ2n) is 3.84. The number of halogens is 1. The molecule has 0 spiro atoms. The number of hydrogen-bond donors (Lipinski definition) is 0. The molecule has 0 atom stereocenters. The molecular formula is C15H13ClO2. The van der Waals surface area contributed by atoms with Gasteiger partial charge >= 0.3 is 0 Å². The first kappa shape index (κ1) is 12.7. The number of carbonyl (C=O) groups is 1. The van der Waals surface area contributed by atoms with Crippen LogP contribution in [0.15, 0.2) is 48.5 Å². The molecule has 92 valence electrons. The molecule has 0 aromatic heterocycles. The molecule has 0 N–H and O–H groups in total. The van der Waals surface area contributed by atoms with Gasteiger partial charge in [0.05, 0.1) is 13.0 Å². The van der Waals surface area contributed by atoms with Crippen LogP contribution in [0.1, 0.15) is 10.4 Å². The van der Waals surface area contributed by atoms with E-state index in [-0.39, 0.29) is 11.7 Å². The van der Waals surface area contributed by atoms with Crippen molar-refractivity contribution in [1.29, 1.82) is 0 Å². The number of methoxy groups -OCH3 is 1. The summed E-state index contributed by atoms with van der Waals surface area (Å²) in [5, 5.41) is 0. The van der Waals surface area contributed by atoms with E-state index in [9.17, 15) is 4.79 Å². The van der Waals surface area contributed by atoms with Gasteiger partial charge in [0.25, 0.3) is 0 Å². The molecule has 0 aliphatic carbocycles. The van der Waals surface area contributed by atoms with Gasteiger partial charge in [-0.15, -0.1) is 11.6 Å². The van der Waals surface area contributed by atoms with Crippen molar-refractivity contribution in [3.63, 3.8) is 0 Å². The quantitative estimate of drug-likeness (QED) is 0.618. The van der Waals surface area contributed by atoms with Crippen molar-refractivity contribution >= 4 is 17.4 Å². The van der Waals surface area contributed by atoms with Gasteiger partial charge in [-0.3, -0.25) is 4.79 Å². The monoisotopic (exact) mass is 260 g/mol. The largest absolute Gasteiger partial charge is 0.496 e. The zero-order valence-electron chi connectivity index (χ0n) is 10.0. The third kappa shape index (κ3) is 2.54. The molecule has 0 saturated heterocycles. The van der Waals surface area contributed by atoms with Crippen molar-refractivity contribution in [3.8, 4) is 16.9 Å². The Morgan fingerprint density at radius 1 is 1.17 bits per heavy atom. The number of ether oxygens (including phenoxy) is 1. The Morgan fingerprint density at radius 2 is 1.89 bits per heavy atom. The number of hydrogen-bond acceptors (Lipinski definition) is 2. The summed E-state index contributed by atoms with van der Waals surface area (Å²) in [4.78, 5) is 11.6. The Balaban J connectivity index is 2.53. The van der Waals surface area contributed by atoms with Gasteiger partial charge in [0.15, 0.2) is 5.78 Å². The predicted octanol–water partition coefficient (Wildman–Crippen LogP) is 3.78. The highest BCUT2D eigenvalue weighted by Gasteiger charge is 2.10. The van der Waals surface area contributed by atoms with Gasteiger partial charge in [-0.2, -0.15) is 0 Å². The van der Waals surface area contributed by atoms with Crippen molar-refractivity contribution in [3.05, 3.63) is 54.1 Å². The molecule has 2 aromatic carbocycles. The van der Waals surface area contributed by atoms with E-state index in [0.29, 0.717) is 5.56 Å². The van der Waals surface area contributed by atoms with Gasteiger partial charge in [-0.05, 0) is 23.8 Å². The highest BCUT2D eigenvalue weighted by atomic mass is 35.5. The summed E-state index contributed by atoms with van der Waals surface area (Å²) < 4.78 is 5.32. The number of carbonyl (C=O) groups excluding carboxylic acids is 1. The van der Waals surface area contributed by atoms with E-state index >= 15 is 0 Å². The molecule has 18 heavy (non-hydrogen) atoms. The van der Waals surface area contributed by atoms with Crippen LogP contribution in [-0.2, 0) is 0 Å². The minimum absolute atomic E-state index is 0.0133. The molecule has 0 bridgehead atoms. The van der Waals surface area contributed by atoms with E-state index in [1.807, 2.05) is 36.4 Å². The fraction of sp³-hybridized carbons (Fsp3) is 0.133. The van der Waals surface area contributed by atoms with Crippen molar-refractivity contribution in [2.75, 3.05) is 13.0 Å². The van der Waals surface area contributed by atoms with Gasteiger partial charge in [0.2, 0.25) is 0 Å². The summed E-state index contributed by atoms with van der Waals surface area (Å²) in [5.41, 5.74) is 2.51. The van der Waals surface area contributed by atoms with Crippen LogP contribution < -0.4 is 4.74 Å². The third-order valence-corrected chi connectivity index (χ3v) is 2.97. The van der Waals surface area contributed by atoms with Crippen LogP contribution in [0.2, 0.25) is 0 Å². The Labute approximate surface area is 111 Å². The molecule has 0 amide bonds. The lowest BCUT2D eigenvalue weighted by molar-refractivity contribution is 0.102. The molecule has 0 heterocycles. The second-order valence-corrected chi connectivity index (χ2v) is 4.11. The zero-order valence-corrected chi connectivity index (χ0v) is 10.8. The van der Waals surface area contributed by atoms with E-state index in [4.69, 9.17) is 16.3 Å². The maximum Gasteiger partial charge on any atom is 0.177 e. The van der Waals surface area contributed by atoms with Crippen LogP contribution in [0, 0.1) is 0 Å². The summed E-state index contributed by atoms with van der Waals surface area (Å²) >= 11 is 5.58. The van der Waals surface area contributed by atoms with Gasteiger partial charge < -0.3 is 4.74 Å². The highest BCUT2D eigenvalue weighted by Crippen LogP contribution is 2.30. The van der Waals surface area contributed by atoms with Crippen LogP contribution in [0.5, 0.6) is 5.75 Å². The number of ketones is 1. The molecule has 3 heteroatoms. The molecule has 0 unspecified atom stereocenters. The first-order valence-electron chi connectivity index (χ1n) is 5.59. The molecule has 2 aromatic rings. The van der Waals surface area contributed by atoms with Crippen LogP contribution >= 0.6 is 11.6 Å². The van der Waals surface area contributed by atoms with Crippen molar-refractivity contribution in [2.24, 2.45) is 0 Å². The smallest absolute Gasteiger partial charge is 0.177 e. The Bertz CT molecular complexity index is 550. The molecular weight excluding hydrogens is 248 g/mol. The van der Waals surface area contributed by atoms with E-state index < -0.39 is 0 Å². The normalized spacial score (nSPS) is 10.1. The third-order valence-electron chi connectivity index (χ3n) is 2.73. The van der Waals surface area contributed by atoms with E-state index in [0.717, 1.165) is 16.9 Å². The van der Waals surface area contributed by atoms with Crippen LogP contribution in [-0.4, -0.2) is 18.8 Å². The molecule has 0 aliphatic heterocycles. The van der Waals surface area contributed by atoms with Crippen LogP contribution in [0.25, 0.3) is 11.1 Å². The average molecular weight is 261 g/mol. The Kier molecular flexibility index (Phi) is 4.00. The minimum Gasteiger partial charge on any atom is -0.496 e. The first-order chi connectivity index (χ1) is 8.76. The standard InChI is InChI=1S/C15H13ClO2/c1-18-15-8-7-12(14(17)10-16)9-13(15)11-5-3-2-4-6-11/h2-9H,10H2,1H3. The van der Waals surface area contributed by atoms with E-state index in [1.54, 1.807) is 19.2 Å². The number of rotatable bonds is 4. The summed E-state index contributed by atoms with van der Waals surface area (Å²) in [7, 11) is 1.62. The van der Waals surface area contributed by atoms with Crippen LogP contribution in [0.4, 0.5) is 0 Å². The molecule has 2 rings (SSSR count). The number of alkyl halides is 1. The van der Waals surface area contributed by atoms with Crippen molar-refractivity contribution in [1.82, 2.24) is 0 Å². The summed E-state index contributed by atoms with van der Waals surface area (Å²) in [6.45, 7) is 0. The SMILES string of the molecule is COc1ccc(C(=O)CCl)cc1-c1ccccc1. The first-order valence-corrected chi connectivity index (χ1v) is 6.12. The van der Waals surface area contributed by atoms with Crippen molar-refractivity contribution < 1.29 is 9.53 Å². The van der Waals surface area contributed by atoms with Gasteiger partial charge in [0.1, 0.15) is 5.75 Å². The summed E-state index contributed by atoms with van der Waals surface area (Å²) in [6.07, 6.45) is 0. The maximum absolute atomic E-state index is 11.6. The molecule has 2 nitrogen and oxygen atoms in total. The lowest BCUT2D eigenvalue weighted by Gasteiger charge is -2.10. The highest BCUT2D eigenvalue weighted by molar-refractivity contribution is 6.30. The van der Waals surface area contributed by atoms with Crippen LogP contribution in [0.3, 0.4) is 0 Å². The van der Waals surface area contributed by atoms with E-state index in [1.165, 1.54) is 0 Å². The lowest BCUT2D eigenvalue weighted by Crippen LogP contribution is -2.01. The van der Waals surface area contributed by atoms with Gasteiger partial charge in [-0.1, -0.05) is 30.3 Å². The van der Waals surface area contributed by atoms with Crippen molar-refractivity contribution in [2.45, 2.75) is 0 Å². The van der Waals surface area contributed by atoms with E-state index in [2.05, 4.69) is 0 Å². The molecule has 0 radical (unpaired) electrons. The average Bonchev–Trinajstić information content (AvgIpc) is 2.46. The zero-order chi connectivity index (χ0) is 13.0. The van der Waals surface area contributed by atoms with Gasteiger partial charge in [0, 0.05) is 11.1 Å². The fourth-order valence-corrected chi connectivity index (χ4v) is 1.96. The predicted molar refractivity (Wildman–Crippen MR) is 73.5 cm³/mol. The molecule has 0 fully saturated rings. The minimum atomic E-state index is -0.0866. The number of benzene rings is 2. The topological polar surface area (TPSA) is 26.3 Å². The molecule has 0 saturated carbocycles. The Hall–Kier alpha value is -1.80. The lowest BCUT2D eigenvalue weighted by atomic mass is 10.0. The van der Waals surface area contributed by atoms with Gasteiger partial charge in [-0.25, -0.2) is 0 Å². The fourth-order valence-electron chi connectivity index (χ4n) is 1.80. The maximum atomic E-state index is 11.6. The summed E-state index contributed by atoms with van der Waals surface area (Å²) in [5.74, 6) is 0.643. The second kappa shape index (κ2) is 5.69. The number of Topliss-reactive ketones (excluding diaryl/α,β-unsaturated/α-hetero) is 1. The summed E-state index contributed by atoms with van der Waals surface area (Å²) in [6, 6.07) is 15.1. The Morgan fingerprint density at radius 3 is 2.50 bits per heavy atom.